The monoisotopic (exact) mass is 175 g/mol. The van der Waals surface area contributed by atoms with Crippen molar-refractivity contribution in [3.8, 4) is 0 Å². The average Bonchev–Trinajstić information content (AvgIpc) is 2.08. The minimum absolute atomic E-state index is 0.0805. The van der Waals surface area contributed by atoms with E-state index in [1.54, 1.807) is 13.0 Å². The van der Waals surface area contributed by atoms with Gasteiger partial charge in [0.25, 0.3) is 0 Å². The Kier molecular flexibility index (Phi) is 2.61. The highest BCUT2D eigenvalue weighted by Crippen LogP contribution is 2.08. The zero-order chi connectivity index (χ0) is 10.0. The zero-order valence-electron chi connectivity index (χ0n) is 8.22. The number of rotatable bonds is 2. The first-order valence-electron chi connectivity index (χ1n) is 4.17. The van der Waals surface area contributed by atoms with Gasteiger partial charge in [0.1, 0.15) is 5.69 Å². The van der Waals surface area contributed by atoms with Crippen LogP contribution in [0.4, 0.5) is 0 Å². The van der Waals surface area contributed by atoms with E-state index in [-0.39, 0.29) is 5.78 Å². The Morgan fingerprint density at radius 3 is 2.46 bits per heavy atom. The normalized spacial score (nSPS) is 9.77. The minimum Gasteiger partial charge on any atom is -0.287 e. The molecule has 0 saturated heterocycles. The fourth-order valence-electron chi connectivity index (χ4n) is 0.976. The Morgan fingerprint density at radius 2 is 2.00 bits per heavy atom. The number of hydrogen-bond acceptors (Lipinski definition) is 2. The molecule has 0 amide bonds. The summed E-state index contributed by atoms with van der Waals surface area (Å²) in [6.45, 7) is 9.15. The van der Waals surface area contributed by atoms with Gasteiger partial charge in [-0.1, -0.05) is 12.6 Å². The van der Waals surface area contributed by atoms with E-state index < -0.39 is 0 Å². The maximum absolute atomic E-state index is 11.4. The minimum atomic E-state index is -0.0805. The predicted molar refractivity (Wildman–Crippen MR) is 52.9 cm³/mol. The van der Waals surface area contributed by atoms with Crippen LogP contribution in [0.25, 0.3) is 0 Å². The second kappa shape index (κ2) is 3.52. The van der Waals surface area contributed by atoms with E-state index in [1.165, 1.54) is 0 Å². The van der Waals surface area contributed by atoms with Crippen molar-refractivity contribution in [3.63, 3.8) is 0 Å². The zero-order valence-corrected chi connectivity index (χ0v) is 8.22. The highest BCUT2D eigenvalue weighted by molar-refractivity contribution is 6.06. The first-order chi connectivity index (χ1) is 6.02. The largest absolute Gasteiger partial charge is 0.287 e. The first-order valence-corrected chi connectivity index (χ1v) is 4.17. The third kappa shape index (κ3) is 2.02. The van der Waals surface area contributed by atoms with Gasteiger partial charge in [-0.25, -0.2) is 4.98 Å². The number of aryl methyl sites for hydroxylation is 2. The molecule has 0 atom stereocenters. The molecule has 0 saturated carbocycles. The number of nitrogens with zero attached hydrogens (tertiary/aromatic N) is 1. The molecule has 0 radical (unpaired) electrons. The molecule has 0 bridgehead atoms. The van der Waals surface area contributed by atoms with E-state index in [2.05, 4.69) is 11.6 Å². The van der Waals surface area contributed by atoms with Gasteiger partial charge in [-0.2, -0.15) is 0 Å². The molecular formula is C11H13NO. The highest BCUT2D eigenvalue weighted by atomic mass is 16.1. The van der Waals surface area contributed by atoms with Crippen LogP contribution in [0.15, 0.2) is 24.3 Å². The van der Waals surface area contributed by atoms with Crippen LogP contribution < -0.4 is 0 Å². The van der Waals surface area contributed by atoms with Gasteiger partial charge in [0.15, 0.2) is 0 Å². The van der Waals surface area contributed by atoms with Crippen LogP contribution in [0.1, 0.15) is 28.7 Å². The topological polar surface area (TPSA) is 30.0 Å². The quantitative estimate of drug-likeness (QED) is 0.510. The highest BCUT2D eigenvalue weighted by Gasteiger charge is 2.08. The number of aromatic nitrogens is 1. The van der Waals surface area contributed by atoms with Crippen LogP contribution in [0.5, 0.6) is 0 Å². The average molecular weight is 175 g/mol. The molecule has 0 N–H and O–H groups in total. The van der Waals surface area contributed by atoms with Gasteiger partial charge in [0, 0.05) is 5.69 Å². The Hall–Kier alpha value is -1.44. The second-order valence-electron chi connectivity index (χ2n) is 3.21. The van der Waals surface area contributed by atoms with Crippen LogP contribution >= 0.6 is 0 Å². The lowest BCUT2D eigenvalue weighted by molar-refractivity contribution is 0.103. The third-order valence-corrected chi connectivity index (χ3v) is 1.97. The Bertz CT molecular complexity index is 366. The van der Waals surface area contributed by atoms with Crippen molar-refractivity contribution in [1.82, 2.24) is 4.98 Å². The van der Waals surface area contributed by atoms with Gasteiger partial charge in [-0.15, -0.1) is 0 Å². The van der Waals surface area contributed by atoms with Crippen molar-refractivity contribution in [2.45, 2.75) is 20.8 Å². The Balaban J connectivity index is 3.11. The number of allylic oxidation sites excluding steroid dienone is 1. The van der Waals surface area contributed by atoms with Crippen LogP contribution in [-0.2, 0) is 0 Å². The standard InChI is InChI=1S/C11H13NO/c1-7(2)11(13)10-6-5-8(3)9(4)12-10/h5-6H,1H2,2-4H3. The fraction of sp³-hybridized carbons (Fsp3) is 0.273. The van der Waals surface area contributed by atoms with Crippen molar-refractivity contribution >= 4 is 5.78 Å². The van der Waals surface area contributed by atoms with E-state index in [0.717, 1.165) is 11.3 Å². The molecule has 0 spiro atoms. The Morgan fingerprint density at radius 1 is 1.38 bits per heavy atom. The number of Topliss-reactive ketones (excluding diaryl/α,β-unsaturated/α-hetero) is 1. The van der Waals surface area contributed by atoms with Crippen LogP contribution in [-0.4, -0.2) is 10.8 Å². The number of carbonyl (C=O) groups excluding carboxylic acids is 1. The number of ketones is 1. The van der Waals surface area contributed by atoms with E-state index in [0.29, 0.717) is 11.3 Å². The van der Waals surface area contributed by atoms with Crippen molar-refractivity contribution in [1.29, 1.82) is 0 Å². The van der Waals surface area contributed by atoms with E-state index >= 15 is 0 Å². The van der Waals surface area contributed by atoms with Gasteiger partial charge in [-0.3, -0.25) is 4.79 Å². The predicted octanol–water partition coefficient (Wildman–Crippen LogP) is 2.46. The molecule has 1 aromatic heterocycles. The molecule has 13 heavy (non-hydrogen) atoms. The molecule has 2 heteroatoms. The van der Waals surface area contributed by atoms with Gasteiger partial charge in [0.2, 0.25) is 5.78 Å². The maximum Gasteiger partial charge on any atom is 0.206 e. The summed E-state index contributed by atoms with van der Waals surface area (Å²) in [7, 11) is 0. The van der Waals surface area contributed by atoms with Gasteiger partial charge >= 0.3 is 0 Å². The summed E-state index contributed by atoms with van der Waals surface area (Å²) in [5.74, 6) is -0.0805. The van der Waals surface area contributed by atoms with E-state index in [4.69, 9.17) is 0 Å². The molecule has 0 aliphatic carbocycles. The molecule has 1 rings (SSSR count). The molecule has 2 nitrogen and oxygen atoms in total. The first kappa shape index (κ1) is 9.65. The molecule has 0 aromatic carbocycles. The summed E-state index contributed by atoms with van der Waals surface area (Å²) < 4.78 is 0. The molecular weight excluding hydrogens is 162 g/mol. The summed E-state index contributed by atoms with van der Waals surface area (Å²) in [6.07, 6.45) is 0. The number of carbonyl (C=O) groups is 1. The van der Waals surface area contributed by atoms with Gasteiger partial charge < -0.3 is 0 Å². The van der Waals surface area contributed by atoms with E-state index in [9.17, 15) is 4.79 Å². The summed E-state index contributed by atoms with van der Waals surface area (Å²) in [6, 6.07) is 3.64. The summed E-state index contributed by atoms with van der Waals surface area (Å²) in [5, 5.41) is 0. The van der Waals surface area contributed by atoms with Gasteiger partial charge in [-0.05, 0) is 38.0 Å². The SMILES string of the molecule is C=C(C)C(=O)c1ccc(C)c(C)n1. The third-order valence-electron chi connectivity index (χ3n) is 1.97. The molecule has 0 fully saturated rings. The number of pyridine rings is 1. The van der Waals surface area contributed by atoms with Crippen molar-refractivity contribution < 1.29 is 4.79 Å². The van der Waals surface area contributed by atoms with Crippen LogP contribution in [0, 0.1) is 13.8 Å². The lowest BCUT2D eigenvalue weighted by atomic mass is 10.1. The maximum atomic E-state index is 11.4. The van der Waals surface area contributed by atoms with Crippen molar-refractivity contribution in [3.05, 3.63) is 41.2 Å². The van der Waals surface area contributed by atoms with Crippen LogP contribution in [0.3, 0.4) is 0 Å². The molecule has 68 valence electrons. The van der Waals surface area contributed by atoms with E-state index in [1.807, 2.05) is 19.9 Å². The van der Waals surface area contributed by atoms with Crippen molar-refractivity contribution in [2.24, 2.45) is 0 Å². The molecule has 0 aliphatic heterocycles. The van der Waals surface area contributed by atoms with Crippen LogP contribution in [0.2, 0.25) is 0 Å². The lowest BCUT2D eigenvalue weighted by Gasteiger charge is -2.02. The summed E-state index contributed by atoms with van der Waals surface area (Å²) >= 11 is 0. The smallest absolute Gasteiger partial charge is 0.206 e. The number of hydrogen-bond donors (Lipinski definition) is 0. The molecule has 1 aromatic rings. The van der Waals surface area contributed by atoms with Crippen molar-refractivity contribution in [2.75, 3.05) is 0 Å². The van der Waals surface area contributed by atoms with Gasteiger partial charge in [0.05, 0.1) is 0 Å². The molecule has 0 unspecified atom stereocenters. The summed E-state index contributed by atoms with van der Waals surface area (Å²) in [5.41, 5.74) is 3.00. The molecule has 1 heterocycles. The molecule has 0 aliphatic rings. The fourth-order valence-corrected chi connectivity index (χ4v) is 0.976. The second-order valence-corrected chi connectivity index (χ2v) is 3.21. The lowest BCUT2D eigenvalue weighted by Crippen LogP contribution is -2.04. The Labute approximate surface area is 78.3 Å². The summed E-state index contributed by atoms with van der Waals surface area (Å²) in [4.78, 5) is 15.6.